The highest BCUT2D eigenvalue weighted by Crippen LogP contribution is 2.36. The lowest BCUT2D eigenvalue weighted by Crippen LogP contribution is -2.48. The number of piperazine rings is 1. The van der Waals surface area contributed by atoms with E-state index in [1.165, 1.54) is 0 Å². The lowest BCUT2D eigenvalue weighted by molar-refractivity contribution is -0.136. The third-order valence-electron chi connectivity index (χ3n) is 5.43. The van der Waals surface area contributed by atoms with Crippen molar-refractivity contribution in [3.63, 3.8) is 0 Å². The molecular formula is C18H25ClN2O3S. The van der Waals surface area contributed by atoms with Gasteiger partial charge in [-0.2, -0.15) is 0 Å². The van der Waals surface area contributed by atoms with E-state index in [0.29, 0.717) is 34.7 Å². The smallest absolute Gasteiger partial charge is 0.225 e. The molecule has 138 valence electrons. The topological polar surface area (TPSA) is 57.7 Å². The molecule has 1 aliphatic heterocycles. The maximum absolute atomic E-state index is 13.0. The molecule has 25 heavy (non-hydrogen) atoms. The third-order valence-corrected chi connectivity index (χ3v) is 8.04. The van der Waals surface area contributed by atoms with Crippen molar-refractivity contribution in [2.75, 3.05) is 33.2 Å². The van der Waals surface area contributed by atoms with Crippen LogP contribution in [-0.4, -0.2) is 62.6 Å². The Morgan fingerprint density at radius 3 is 2.48 bits per heavy atom. The Balaban J connectivity index is 1.70. The standard InChI is InChI=1S/C18H25ClN2O3S/c1-13-11-15(19)4-6-17(13)25(23,24)16-5-3-14(12-16)18(22)21-9-7-20(2)8-10-21/h4,6,11,14,16H,3,5,7-10,12H2,1-2H3/t14-,16-/m1/s1. The SMILES string of the molecule is Cc1cc(Cl)ccc1S(=O)(=O)[C@@H]1CC[C@@H](C(=O)N2CCN(C)CC2)C1. The Bertz CT molecular complexity index is 758. The zero-order chi connectivity index (χ0) is 18.2. The van der Waals surface area contributed by atoms with Crippen LogP contribution in [-0.2, 0) is 14.6 Å². The van der Waals surface area contributed by atoms with E-state index >= 15 is 0 Å². The van der Waals surface area contributed by atoms with Crippen LogP contribution < -0.4 is 0 Å². The lowest BCUT2D eigenvalue weighted by Gasteiger charge is -2.34. The minimum atomic E-state index is -3.43. The monoisotopic (exact) mass is 384 g/mol. The van der Waals surface area contributed by atoms with E-state index in [-0.39, 0.29) is 11.8 Å². The second-order valence-electron chi connectivity index (χ2n) is 7.22. The maximum Gasteiger partial charge on any atom is 0.225 e. The number of carbonyl (C=O) groups is 1. The van der Waals surface area contributed by atoms with Gasteiger partial charge in [0.1, 0.15) is 0 Å². The van der Waals surface area contributed by atoms with Crippen molar-refractivity contribution >= 4 is 27.3 Å². The first-order valence-electron chi connectivity index (χ1n) is 8.76. The van der Waals surface area contributed by atoms with Crippen LogP contribution >= 0.6 is 11.6 Å². The molecule has 1 saturated carbocycles. The van der Waals surface area contributed by atoms with E-state index in [2.05, 4.69) is 11.9 Å². The molecule has 1 saturated heterocycles. The van der Waals surface area contributed by atoms with Gasteiger partial charge in [0, 0.05) is 37.1 Å². The fraction of sp³-hybridized carbons (Fsp3) is 0.611. The van der Waals surface area contributed by atoms with Crippen molar-refractivity contribution < 1.29 is 13.2 Å². The van der Waals surface area contributed by atoms with Gasteiger partial charge in [-0.25, -0.2) is 8.42 Å². The number of sulfone groups is 1. The number of halogens is 1. The second-order valence-corrected chi connectivity index (χ2v) is 9.85. The molecule has 0 N–H and O–H groups in total. The van der Waals surface area contributed by atoms with E-state index in [4.69, 9.17) is 11.6 Å². The fourth-order valence-electron chi connectivity index (χ4n) is 3.84. The molecule has 0 spiro atoms. The molecule has 5 nitrogen and oxygen atoms in total. The number of nitrogens with zero attached hydrogens (tertiary/aromatic N) is 2. The predicted octanol–water partition coefficient (Wildman–Crippen LogP) is 2.36. The zero-order valence-electron chi connectivity index (χ0n) is 14.7. The van der Waals surface area contributed by atoms with Crippen LogP contribution in [0.3, 0.4) is 0 Å². The highest BCUT2D eigenvalue weighted by molar-refractivity contribution is 7.92. The van der Waals surface area contributed by atoms with Crippen LogP contribution in [0.1, 0.15) is 24.8 Å². The molecule has 0 radical (unpaired) electrons. The molecule has 1 aliphatic carbocycles. The molecule has 2 atom stereocenters. The Kier molecular flexibility index (Phi) is 5.42. The molecule has 3 rings (SSSR count). The van der Waals surface area contributed by atoms with Gasteiger partial charge in [0.25, 0.3) is 0 Å². The zero-order valence-corrected chi connectivity index (χ0v) is 16.3. The van der Waals surface area contributed by atoms with Gasteiger partial charge in [-0.3, -0.25) is 4.79 Å². The van der Waals surface area contributed by atoms with Gasteiger partial charge in [0.2, 0.25) is 5.91 Å². The molecule has 2 aliphatic rings. The van der Waals surface area contributed by atoms with E-state index in [9.17, 15) is 13.2 Å². The van der Waals surface area contributed by atoms with Gasteiger partial charge in [-0.05, 0) is 57.0 Å². The number of hydrogen-bond donors (Lipinski definition) is 0. The first kappa shape index (κ1) is 18.7. The van der Waals surface area contributed by atoms with Gasteiger partial charge >= 0.3 is 0 Å². The Morgan fingerprint density at radius 1 is 1.16 bits per heavy atom. The van der Waals surface area contributed by atoms with Crippen molar-refractivity contribution in [3.05, 3.63) is 28.8 Å². The number of aryl methyl sites for hydroxylation is 1. The summed E-state index contributed by atoms with van der Waals surface area (Å²) >= 11 is 5.94. The van der Waals surface area contributed by atoms with Gasteiger partial charge in [0.05, 0.1) is 10.1 Å². The van der Waals surface area contributed by atoms with Crippen molar-refractivity contribution in [3.8, 4) is 0 Å². The molecule has 2 fully saturated rings. The second kappa shape index (κ2) is 7.25. The van der Waals surface area contributed by atoms with Crippen molar-refractivity contribution in [2.24, 2.45) is 5.92 Å². The first-order chi connectivity index (χ1) is 11.8. The summed E-state index contributed by atoms with van der Waals surface area (Å²) in [7, 11) is -1.38. The van der Waals surface area contributed by atoms with Crippen LogP contribution in [0.15, 0.2) is 23.1 Å². The fourth-order valence-corrected chi connectivity index (χ4v) is 6.13. The number of carbonyl (C=O) groups excluding carboxylic acids is 1. The molecule has 1 amide bonds. The Labute approximate surface area is 154 Å². The Hall–Kier alpha value is -1.11. The molecule has 1 aromatic carbocycles. The number of rotatable bonds is 3. The first-order valence-corrected chi connectivity index (χ1v) is 10.7. The largest absolute Gasteiger partial charge is 0.340 e. The maximum atomic E-state index is 13.0. The highest BCUT2D eigenvalue weighted by Gasteiger charge is 2.40. The minimum Gasteiger partial charge on any atom is -0.340 e. The van der Waals surface area contributed by atoms with Crippen LogP contribution in [0, 0.1) is 12.8 Å². The summed E-state index contributed by atoms with van der Waals surface area (Å²) in [5, 5.41) is 0.0554. The van der Waals surface area contributed by atoms with Crippen LogP contribution in [0.25, 0.3) is 0 Å². The van der Waals surface area contributed by atoms with Crippen molar-refractivity contribution in [1.29, 1.82) is 0 Å². The molecular weight excluding hydrogens is 360 g/mol. The van der Waals surface area contributed by atoms with Gasteiger partial charge in [-0.1, -0.05) is 11.6 Å². The number of likely N-dealkylation sites (N-methyl/N-ethyl adjacent to an activating group) is 1. The van der Waals surface area contributed by atoms with Crippen LogP contribution in [0.5, 0.6) is 0 Å². The third kappa shape index (κ3) is 3.86. The van der Waals surface area contributed by atoms with E-state index in [1.807, 2.05) is 4.90 Å². The van der Waals surface area contributed by atoms with Gasteiger partial charge in [0.15, 0.2) is 9.84 Å². The van der Waals surface area contributed by atoms with Gasteiger partial charge < -0.3 is 9.80 Å². The summed E-state index contributed by atoms with van der Waals surface area (Å²) in [6, 6.07) is 4.88. The van der Waals surface area contributed by atoms with Crippen molar-refractivity contribution in [1.82, 2.24) is 9.80 Å². The summed E-state index contributed by atoms with van der Waals surface area (Å²) in [4.78, 5) is 17.2. The number of benzene rings is 1. The van der Waals surface area contributed by atoms with E-state index < -0.39 is 15.1 Å². The molecule has 0 bridgehead atoms. The summed E-state index contributed by atoms with van der Waals surface area (Å²) in [5.41, 5.74) is 0.668. The Morgan fingerprint density at radius 2 is 1.84 bits per heavy atom. The minimum absolute atomic E-state index is 0.124. The normalized spacial score (nSPS) is 25.3. The average molecular weight is 385 g/mol. The molecule has 0 unspecified atom stereocenters. The van der Waals surface area contributed by atoms with Crippen molar-refractivity contribution in [2.45, 2.75) is 36.3 Å². The predicted molar refractivity (Wildman–Crippen MR) is 98.6 cm³/mol. The number of hydrogen-bond acceptors (Lipinski definition) is 4. The molecule has 1 heterocycles. The average Bonchev–Trinajstić information content (AvgIpc) is 3.05. The molecule has 7 heteroatoms. The number of amides is 1. The van der Waals surface area contributed by atoms with E-state index in [1.54, 1.807) is 25.1 Å². The quantitative estimate of drug-likeness (QED) is 0.802. The highest BCUT2D eigenvalue weighted by atomic mass is 35.5. The molecule has 0 aromatic heterocycles. The van der Waals surface area contributed by atoms with Crippen LogP contribution in [0.4, 0.5) is 0 Å². The lowest BCUT2D eigenvalue weighted by atomic mass is 10.1. The summed E-state index contributed by atoms with van der Waals surface area (Å²) in [6.07, 6.45) is 1.63. The summed E-state index contributed by atoms with van der Waals surface area (Å²) in [5.74, 6) is -0.0468. The van der Waals surface area contributed by atoms with E-state index in [0.717, 1.165) is 26.2 Å². The summed E-state index contributed by atoms with van der Waals surface area (Å²) < 4.78 is 26.0. The van der Waals surface area contributed by atoms with Gasteiger partial charge in [-0.15, -0.1) is 0 Å². The molecule has 1 aromatic rings. The van der Waals surface area contributed by atoms with Crippen LogP contribution in [0.2, 0.25) is 5.02 Å². The summed E-state index contributed by atoms with van der Waals surface area (Å²) in [6.45, 7) is 4.99.